The molecule has 0 radical (unpaired) electrons. The molecule has 17 heavy (non-hydrogen) atoms. The Morgan fingerprint density at radius 2 is 2.35 bits per heavy atom. The van der Waals surface area contributed by atoms with E-state index in [-0.39, 0.29) is 11.9 Å². The first-order valence-electron chi connectivity index (χ1n) is 5.65. The summed E-state index contributed by atoms with van der Waals surface area (Å²) in [7, 11) is 1.62. The molecule has 96 valence electrons. The van der Waals surface area contributed by atoms with Gasteiger partial charge in [-0.15, -0.1) is 0 Å². The van der Waals surface area contributed by atoms with E-state index in [1.807, 2.05) is 13.0 Å². The third-order valence-electron chi connectivity index (χ3n) is 2.39. The first-order valence-corrected chi connectivity index (χ1v) is 6.77. The molecule has 1 amide bonds. The SMILES string of the molecule is CCc1ccc(C(=O)NC(CCBr)COC)o1. The minimum atomic E-state index is -0.187. The third-order valence-corrected chi connectivity index (χ3v) is 2.85. The molecule has 0 aromatic carbocycles. The lowest BCUT2D eigenvalue weighted by molar-refractivity contribution is 0.0866. The maximum atomic E-state index is 11.9. The summed E-state index contributed by atoms with van der Waals surface area (Å²) >= 11 is 3.35. The van der Waals surface area contributed by atoms with Crippen LogP contribution >= 0.6 is 15.9 Å². The Balaban J connectivity index is 2.56. The molecule has 0 saturated carbocycles. The van der Waals surface area contributed by atoms with Gasteiger partial charge in [-0.05, 0) is 18.6 Å². The number of carbonyl (C=O) groups excluding carboxylic acids is 1. The molecule has 1 aromatic heterocycles. The topological polar surface area (TPSA) is 51.5 Å². The Morgan fingerprint density at radius 1 is 1.59 bits per heavy atom. The number of methoxy groups -OCH3 is 1. The number of rotatable bonds is 7. The van der Waals surface area contributed by atoms with Crippen LogP contribution < -0.4 is 5.32 Å². The summed E-state index contributed by atoms with van der Waals surface area (Å²) in [6.07, 6.45) is 1.61. The first kappa shape index (κ1) is 14.3. The Morgan fingerprint density at radius 3 is 2.88 bits per heavy atom. The van der Waals surface area contributed by atoms with Crippen molar-refractivity contribution in [2.45, 2.75) is 25.8 Å². The molecule has 1 heterocycles. The molecule has 1 rings (SSSR count). The quantitative estimate of drug-likeness (QED) is 0.787. The highest BCUT2D eigenvalue weighted by atomic mass is 79.9. The average molecular weight is 304 g/mol. The van der Waals surface area contributed by atoms with E-state index in [1.165, 1.54) is 0 Å². The highest BCUT2D eigenvalue weighted by Crippen LogP contribution is 2.09. The summed E-state index contributed by atoms with van der Waals surface area (Å²) in [6, 6.07) is 3.53. The van der Waals surface area contributed by atoms with Gasteiger partial charge in [0.1, 0.15) is 5.76 Å². The molecule has 0 saturated heterocycles. The number of halogens is 1. The van der Waals surface area contributed by atoms with Crippen molar-refractivity contribution in [1.82, 2.24) is 5.32 Å². The van der Waals surface area contributed by atoms with Crippen molar-refractivity contribution in [2.75, 3.05) is 19.0 Å². The van der Waals surface area contributed by atoms with E-state index >= 15 is 0 Å². The minimum Gasteiger partial charge on any atom is -0.456 e. The lowest BCUT2D eigenvalue weighted by Gasteiger charge is -2.15. The Bertz CT molecular complexity index is 345. The second-order valence-corrected chi connectivity index (χ2v) is 4.52. The second kappa shape index (κ2) is 7.50. The molecule has 0 aliphatic rings. The van der Waals surface area contributed by atoms with Crippen molar-refractivity contribution in [3.8, 4) is 0 Å². The first-order chi connectivity index (χ1) is 8.21. The van der Waals surface area contributed by atoms with E-state index in [0.717, 1.165) is 23.9 Å². The molecule has 5 heteroatoms. The zero-order valence-electron chi connectivity index (χ0n) is 10.2. The lowest BCUT2D eigenvalue weighted by Crippen LogP contribution is -2.38. The van der Waals surface area contributed by atoms with Gasteiger partial charge in [-0.3, -0.25) is 4.79 Å². The molecule has 0 aliphatic carbocycles. The van der Waals surface area contributed by atoms with Crippen molar-refractivity contribution < 1.29 is 13.9 Å². The number of ether oxygens (including phenoxy) is 1. The second-order valence-electron chi connectivity index (χ2n) is 3.72. The van der Waals surface area contributed by atoms with Gasteiger partial charge in [0.2, 0.25) is 0 Å². The van der Waals surface area contributed by atoms with Crippen LogP contribution in [0.5, 0.6) is 0 Å². The van der Waals surface area contributed by atoms with Gasteiger partial charge in [0, 0.05) is 18.9 Å². The number of amides is 1. The van der Waals surface area contributed by atoms with Crippen molar-refractivity contribution in [2.24, 2.45) is 0 Å². The van der Waals surface area contributed by atoms with Gasteiger partial charge in [-0.2, -0.15) is 0 Å². The molecule has 1 unspecified atom stereocenters. The number of furan rings is 1. The highest BCUT2D eigenvalue weighted by molar-refractivity contribution is 9.09. The van der Waals surface area contributed by atoms with Gasteiger partial charge in [0.05, 0.1) is 12.6 Å². The Hall–Kier alpha value is -0.810. The molecule has 1 atom stereocenters. The fraction of sp³-hybridized carbons (Fsp3) is 0.583. The smallest absolute Gasteiger partial charge is 0.287 e. The fourth-order valence-electron chi connectivity index (χ4n) is 1.48. The number of carbonyl (C=O) groups is 1. The predicted molar refractivity (Wildman–Crippen MR) is 69.6 cm³/mol. The van der Waals surface area contributed by atoms with E-state index in [9.17, 15) is 4.79 Å². The van der Waals surface area contributed by atoms with E-state index < -0.39 is 0 Å². The van der Waals surface area contributed by atoms with Crippen LogP contribution in [0.3, 0.4) is 0 Å². The molecule has 0 aliphatic heterocycles. The van der Waals surface area contributed by atoms with Crippen LogP contribution in [0.15, 0.2) is 16.5 Å². The molecule has 0 bridgehead atoms. The molecule has 0 fully saturated rings. The van der Waals surface area contributed by atoms with Gasteiger partial charge in [-0.1, -0.05) is 22.9 Å². The van der Waals surface area contributed by atoms with E-state index in [4.69, 9.17) is 9.15 Å². The zero-order chi connectivity index (χ0) is 12.7. The van der Waals surface area contributed by atoms with Crippen LogP contribution in [0.4, 0.5) is 0 Å². The van der Waals surface area contributed by atoms with Gasteiger partial charge in [-0.25, -0.2) is 0 Å². The number of hydrogen-bond acceptors (Lipinski definition) is 3. The van der Waals surface area contributed by atoms with E-state index in [2.05, 4.69) is 21.2 Å². The monoisotopic (exact) mass is 303 g/mol. The third kappa shape index (κ3) is 4.52. The van der Waals surface area contributed by atoms with Crippen LogP contribution in [0, 0.1) is 0 Å². The largest absolute Gasteiger partial charge is 0.456 e. The van der Waals surface area contributed by atoms with Crippen LogP contribution in [-0.4, -0.2) is 31.0 Å². The molecule has 1 aromatic rings. The van der Waals surface area contributed by atoms with Crippen LogP contribution in [0.2, 0.25) is 0 Å². The molecular formula is C12H18BrNO3. The van der Waals surface area contributed by atoms with Crippen LogP contribution in [0.1, 0.15) is 29.7 Å². The maximum Gasteiger partial charge on any atom is 0.287 e. The van der Waals surface area contributed by atoms with Gasteiger partial charge < -0.3 is 14.5 Å². The highest BCUT2D eigenvalue weighted by Gasteiger charge is 2.15. The lowest BCUT2D eigenvalue weighted by atomic mass is 10.2. The predicted octanol–water partition coefficient (Wildman–Crippen LogP) is 2.37. The number of hydrogen-bond donors (Lipinski definition) is 1. The Labute approximate surface area is 110 Å². The molecule has 4 nitrogen and oxygen atoms in total. The summed E-state index contributed by atoms with van der Waals surface area (Å²) in [6.45, 7) is 2.48. The maximum absolute atomic E-state index is 11.9. The van der Waals surface area contributed by atoms with Crippen LogP contribution in [-0.2, 0) is 11.2 Å². The minimum absolute atomic E-state index is 0.00190. The zero-order valence-corrected chi connectivity index (χ0v) is 11.7. The van der Waals surface area contributed by atoms with Crippen molar-refractivity contribution >= 4 is 21.8 Å². The van der Waals surface area contributed by atoms with Gasteiger partial charge in [0.25, 0.3) is 5.91 Å². The van der Waals surface area contributed by atoms with Crippen molar-refractivity contribution in [3.05, 3.63) is 23.7 Å². The van der Waals surface area contributed by atoms with Crippen molar-refractivity contribution in [3.63, 3.8) is 0 Å². The van der Waals surface area contributed by atoms with E-state index in [0.29, 0.717) is 12.4 Å². The number of aryl methyl sites for hydroxylation is 1. The molecule has 1 N–H and O–H groups in total. The summed E-state index contributed by atoms with van der Waals surface area (Å²) in [5, 5.41) is 3.70. The van der Waals surface area contributed by atoms with Crippen molar-refractivity contribution in [1.29, 1.82) is 0 Å². The average Bonchev–Trinajstić information content (AvgIpc) is 2.78. The normalized spacial score (nSPS) is 12.4. The standard InChI is InChI=1S/C12H18BrNO3/c1-3-10-4-5-11(17-10)12(15)14-9(6-7-13)8-16-2/h4-5,9H,3,6-8H2,1-2H3,(H,14,15). The fourth-order valence-corrected chi connectivity index (χ4v) is 2.03. The number of alkyl halides is 1. The van der Waals surface area contributed by atoms with Crippen LogP contribution in [0.25, 0.3) is 0 Å². The summed E-state index contributed by atoms with van der Waals surface area (Å²) in [5.41, 5.74) is 0. The summed E-state index contributed by atoms with van der Waals surface area (Å²) < 4.78 is 10.4. The Kier molecular flexibility index (Phi) is 6.29. The van der Waals surface area contributed by atoms with Gasteiger partial charge >= 0.3 is 0 Å². The van der Waals surface area contributed by atoms with Gasteiger partial charge in [0.15, 0.2) is 5.76 Å². The number of nitrogens with one attached hydrogen (secondary N) is 1. The summed E-state index contributed by atoms with van der Waals surface area (Å²) in [4.78, 5) is 11.9. The molecular weight excluding hydrogens is 286 g/mol. The van der Waals surface area contributed by atoms with E-state index in [1.54, 1.807) is 13.2 Å². The molecule has 0 spiro atoms. The summed E-state index contributed by atoms with van der Waals surface area (Å²) in [5.74, 6) is 0.990.